The predicted molar refractivity (Wildman–Crippen MR) is 192 cm³/mol. The molecular formula is C37H64F2N8O2. The minimum Gasteiger partial charge on any atom is -0.350 e. The van der Waals surface area contributed by atoms with Crippen molar-refractivity contribution < 1.29 is 18.4 Å². The molecule has 0 aromatic heterocycles. The van der Waals surface area contributed by atoms with Gasteiger partial charge in [0.25, 0.3) is 0 Å². The zero-order valence-corrected chi connectivity index (χ0v) is 30.3. The molecule has 278 valence electrons. The second-order valence-corrected chi connectivity index (χ2v) is 15.8. The van der Waals surface area contributed by atoms with E-state index in [2.05, 4.69) is 45.8 Å². The summed E-state index contributed by atoms with van der Waals surface area (Å²) in [5, 5.41) is 3.24. The highest BCUT2D eigenvalue weighted by Crippen LogP contribution is 2.44. The normalized spacial score (nSPS) is 33.8. The van der Waals surface area contributed by atoms with E-state index in [1.165, 1.54) is 6.21 Å². The van der Waals surface area contributed by atoms with Gasteiger partial charge in [-0.2, -0.15) is 0 Å². The fraction of sp³-hybridized carbons (Fsp3) is 0.865. The van der Waals surface area contributed by atoms with Crippen LogP contribution in [0.25, 0.3) is 0 Å². The number of carbonyl (C=O) groups is 2. The summed E-state index contributed by atoms with van der Waals surface area (Å²) in [4.78, 5) is 41.0. The van der Waals surface area contributed by atoms with Crippen LogP contribution in [-0.2, 0) is 9.59 Å². The summed E-state index contributed by atoms with van der Waals surface area (Å²) in [5.74, 6) is -1.05. The molecule has 1 saturated carbocycles. The summed E-state index contributed by atoms with van der Waals surface area (Å²) in [5.41, 5.74) is 12.5. The quantitative estimate of drug-likeness (QED) is 0.173. The van der Waals surface area contributed by atoms with E-state index in [4.69, 9.17) is 11.5 Å². The highest BCUT2D eigenvalue weighted by Gasteiger charge is 2.46. The average Bonchev–Trinajstić information content (AvgIpc) is 3.57. The number of nitrogens with zero attached hydrogens (tertiary/aromatic N) is 5. The van der Waals surface area contributed by atoms with Crippen molar-refractivity contribution in [2.45, 2.75) is 140 Å². The zero-order valence-electron chi connectivity index (χ0n) is 30.3. The fourth-order valence-electron chi connectivity index (χ4n) is 9.38. The first kappa shape index (κ1) is 38.2. The Bertz CT molecular complexity index is 1140. The van der Waals surface area contributed by atoms with E-state index in [1.54, 1.807) is 6.08 Å². The van der Waals surface area contributed by atoms with Gasteiger partial charge in [0, 0.05) is 51.5 Å². The van der Waals surface area contributed by atoms with Gasteiger partial charge in [0.15, 0.2) is 6.17 Å². The molecule has 0 aromatic rings. The van der Waals surface area contributed by atoms with Crippen molar-refractivity contribution in [3.8, 4) is 0 Å². The highest BCUT2D eigenvalue weighted by atomic mass is 19.1. The number of likely N-dealkylation sites (tertiary alicyclic amines) is 2. The van der Waals surface area contributed by atoms with Crippen LogP contribution in [0.4, 0.5) is 8.78 Å². The molecule has 5 rings (SSSR count). The zero-order chi connectivity index (χ0) is 35.1. The van der Waals surface area contributed by atoms with Crippen LogP contribution in [0.15, 0.2) is 17.1 Å². The molecule has 7 atom stereocenters. The van der Waals surface area contributed by atoms with E-state index in [0.717, 1.165) is 77.3 Å². The van der Waals surface area contributed by atoms with Crippen LogP contribution >= 0.6 is 0 Å². The van der Waals surface area contributed by atoms with Crippen molar-refractivity contribution in [3.63, 3.8) is 0 Å². The number of amides is 2. The molecule has 1 spiro atoms. The third-order valence-electron chi connectivity index (χ3n) is 12.0. The third-order valence-corrected chi connectivity index (χ3v) is 12.0. The molecule has 7 unspecified atom stereocenters. The smallest absolute Gasteiger partial charge is 0.240 e. The van der Waals surface area contributed by atoms with Crippen LogP contribution in [-0.4, -0.2) is 139 Å². The molecule has 0 aromatic carbocycles. The van der Waals surface area contributed by atoms with Gasteiger partial charge in [-0.05, 0) is 77.0 Å². The lowest BCUT2D eigenvalue weighted by Crippen LogP contribution is -2.69. The van der Waals surface area contributed by atoms with Gasteiger partial charge < -0.3 is 21.7 Å². The van der Waals surface area contributed by atoms with Crippen molar-refractivity contribution in [2.24, 2.45) is 27.8 Å². The lowest BCUT2D eigenvalue weighted by molar-refractivity contribution is -0.139. The molecule has 2 amide bonds. The lowest BCUT2D eigenvalue weighted by atomic mass is 9.68. The first-order chi connectivity index (χ1) is 23.5. The molecule has 4 heterocycles. The molecule has 1 aliphatic carbocycles. The molecule has 4 fully saturated rings. The number of allylic oxidation sites excluding steroid dienone is 2. The topological polar surface area (TPSA) is 124 Å². The standard InChI is InChI=1S/C37H64F2N8O2/c1-4-5-9-16-44-24-28(39)33(45-18-20-46(21-19-45)36(49)31-11-10-17-47(31)26(2)3)30(25-44)43-35(48)32(34(40)41)29-22-37(13-7-6-8-14-37)15-12-27(38)23-42-29/h12,15,23,26-34H,4-11,13-14,16-22,24-25,40-41H2,1-3H3,(H,43,48)/b15-12-,42-23-. The van der Waals surface area contributed by atoms with Crippen molar-refractivity contribution in [3.05, 3.63) is 12.2 Å². The maximum atomic E-state index is 16.4. The number of hydrogen-bond donors (Lipinski definition) is 3. The molecular weight excluding hydrogens is 626 g/mol. The van der Waals surface area contributed by atoms with Crippen LogP contribution < -0.4 is 16.8 Å². The summed E-state index contributed by atoms with van der Waals surface area (Å²) in [6.45, 7) is 11.2. The maximum absolute atomic E-state index is 16.4. The van der Waals surface area contributed by atoms with E-state index in [9.17, 15) is 14.0 Å². The van der Waals surface area contributed by atoms with Crippen molar-refractivity contribution in [1.82, 2.24) is 24.9 Å². The highest BCUT2D eigenvalue weighted by molar-refractivity contribution is 5.82. The van der Waals surface area contributed by atoms with E-state index in [-0.39, 0.29) is 23.3 Å². The van der Waals surface area contributed by atoms with Gasteiger partial charge in [-0.15, -0.1) is 0 Å². The number of aliphatic imine (C=N–C) groups is 1. The van der Waals surface area contributed by atoms with E-state index < -0.39 is 42.6 Å². The number of alkyl halides is 2. The Kier molecular flexibility index (Phi) is 13.6. The monoisotopic (exact) mass is 691 g/mol. The Balaban J connectivity index is 1.31. The largest absolute Gasteiger partial charge is 0.350 e. The van der Waals surface area contributed by atoms with Gasteiger partial charge in [-0.1, -0.05) is 45.1 Å². The van der Waals surface area contributed by atoms with Crippen molar-refractivity contribution >= 4 is 18.0 Å². The van der Waals surface area contributed by atoms with Gasteiger partial charge in [0.1, 0.15) is 6.17 Å². The molecule has 12 heteroatoms. The molecule has 5 aliphatic rings. The van der Waals surface area contributed by atoms with E-state index >= 15 is 4.39 Å². The van der Waals surface area contributed by atoms with Crippen LogP contribution in [0.1, 0.15) is 91.4 Å². The van der Waals surface area contributed by atoms with Crippen LogP contribution in [0.3, 0.4) is 0 Å². The Morgan fingerprint density at radius 2 is 1.73 bits per heavy atom. The lowest BCUT2D eigenvalue weighted by Gasteiger charge is -2.49. The number of piperazine rings is 1. The van der Waals surface area contributed by atoms with Crippen molar-refractivity contribution in [1.29, 1.82) is 0 Å². The van der Waals surface area contributed by atoms with Gasteiger partial charge in [-0.3, -0.25) is 29.3 Å². The maximum Gasteiger partial charge on any atom is 0.240 e. The molecule has 0 radical (unpaired) electrons. The predicted octanol–water partition coefficient (Wildman–Crippen LogP) is 3.25. The summed E-state index contributed by atoms with van der Waals surface area (Å²) < 4.78 is 31.2. The average molecular weight is 691 g/mol. The molecule has 10 nitrogen and oxygen atoms in total. The number of piperidine rings is 1. The first-order valence-electron chi connectivity index (χ1n) is 19.3. The van der Waals surface area contributed by atoms with Crippen LogP contribution in [0.5, 0.6) is 0 Å². The minimum absolute atomic E-state index is 0.0804. The number of unbranched alkanes of at least 4 members (excludes halogenated alkanes) is 2. The Labute approximate surface area is 293 Å². The summed E-state index contributed by atoms with van der Waals surface area (Å²) >= 11 is 0. The second-order valence-electron chi connectivity index (χ2n) is 15.8. The Hall–Kier alpha value is -1.99. The molecule has 0 bridgehead atoms. The SMILES string of the molecule is CCCCCN1CC(F)C(N2CCN(C(=O)C3CCCN3C(C)C)CC2)C(NC(=O)C(C(N)N)C2CC3(/C=C\C(F)/C=N\2)CCCCC3)C1. The second kappa shape index (κ2) is 17.5. The summed E-state index contributed by atoms with van der Waals surface area (Å²) in [6, 6.07) is -1.38. The third kappa shape index (κ3) is 9.47. The van der Waals surface area contributed by atoms with Crippen LogP contribution in [0.2, 0.25) is 0 Å². The first-order valence-corrected chi connectivity index (χ1v) is 19.3. The van der Waals surface area contributed by atoms with Gasteiger partial charge in [-0.25, -0.2) is 8.78 Å². The van der Waals surface area contributed by atoms with Crippen molar-refractivity contribution in [2.75, 3.05) is 52.4 Å². The number of halogens is 2. The fourth-order valence-corrected chi connectivity index (χ4v) is 9.38. The molecule has 5 N–H and O–H groups in total. The summed E-state index contributed by atoms with van der Waals surface area (Å²) in [6.07, 6.45) is 12.0. The number of rotatable bonds is 11. The molecule has 49 heavy (non-hydrogen) atoms. The number of hydrogen-bond acceptors (Lipinski definition) is 8. The summed E-state index contributed by atoms with van der Waals surface area (Å²) in [7, 11) is 0. The number of carbonyl (C=O) groups excluding carboxylic acids is 2. The minimum atomic E-state index is -1.33. The Morgan fingerprint density at radius 1 is 1.00 bits per heavy atom. The Morgan fingerprint density at radius 3 is 2.41 bits per heavy atom. The van der Waals surface area contributed by atoms with Gasteiger partial charge >= 0.3 is 0 Å². The van der Waals surface area contributed by atoms with E-state index in [1.807, 2.05) is 11.0 Å². The number of nitrogens with two attached hydrogens (primary N) is 2. The van der Waals surface area contributed by atoms with Crippen LogP contribution in [0, 0.1) is 11.3 Å². The molecule has 3 saturated heterocycles. The molecule has 4 aliphatic heterocycles. The van der Waals surface area contributed by atoms with Gasteiger partial charge in [0.2, 0.25) is 11.8 Å². The number of nitrogens with one attached hydrogen (secondary N) is 1. The van der Waals surface area contributed by atoms with E-state index in [0.29, 0.717) is 51.7 Å². The van der Waals surface area contributed by atoms with Gasteiger partial charge in [0.05, 0.1) is 36.3 Å².